The number of rotatable bonds is 8. The van der Waals surface area contributed by atoms with Crippen LogP contribution in [0.3, 0.4) is 0 Å². The van der Waals surface area contributed by atoms with Gasteiger partial charge in [-0.05, 0) is 58.6 Å². The van der Waals surface area contributed by atoms with E-state index in [0.29, 0.717) is 41.5 Å². The minimum absolute atomic E-state index is 0.0338. The molecule has 2 heterocycles. The fraction of sp³-hybridized carbons (Fsp3) is 0.481. The zero-order valence-electron chi connectivity index (χ0n) is 20.3. The molecular weight excluding hydrogens is 420 g/mol. The molecule has 1 aromatic carbocycles. The number of aromatic hydroxyl groups is 1. The largest absolute Gasteiger partial charge is 0.506 e. The SMILES string of the molecule is CCC(C)C(=O)c1c(O)c2c(c3c([C@@H](O)CC)cc(=O)oc13)O[C@](C)(CCC=C(C)C)C=C2. The Balaban J connectivity index is 2.34. The second-order valence-electron chi connectivity index (χ2n) is 9.36. The Bertz CT molecular complexity index is 1180. The van der Waals surface area contributed by atoms with E-state index in [1.165, 1.54) is 11.6 Å². The molecule has 6 heteroatoms. The van der Waals surface area contributed by atoms with Crippen LogP contribution in [0.4, 0.5) is 0 Å². The number of phenolic OH excluding ortho intramolecular Hbond substituents is 1. The average molecular weight is 455 g/mol. The molecule has 1 aliphatic heterocycles. The lowest BCUT2D eigenvalue weighted by Crippen LogP contribution is -2.32. The standard InChI is InChI=1S/C27H34O6/c1-7-16(5)23(30)22-24(31)17-11-13-27(6,12-9-10-15(3)4)33-25(17)21-18(19(28)8-2)14-20(29)32-26(21)22/h10-11,13-14,16,19,28,31H,7-9,12H2,1-6H3/t16?,19-,27+/m0/s1. The Kier molecular flexibility index (Phi) is 7.17. The van der Waals surface area contributed by atoms with Crippen LogP contribution in [0.15, 0.2) is 33.0 Å². The number of aliphatic hydroxyl groups is 1. The summed E-state index contributed by atoms with van der Waals surface area (Å²) in [5.74, 6) is -0.655. The summed E-state index contributed by atoms with van der Waals surface area (Å²) < 4.78 is 11.9. The van der Waals surface area contributed by atoms with Gasteiger partial charge in [0.15, 0.2) is 11.4 Å². The number of hydrogen-bond donors (Lipinski definition) is 2. The predicted octanol–water partition coefficient (Wildman–Crippen LogP) is 6.08. The van der Waals surface area contributed by atoms with Crippen molar-refractivity contribution in [2.45, 2.75) is 78.9 Å². The molecule has 0 spiro atoms. The number of hydrogen-bond acceptors (Lipinski definition) is 6. The molecular formula is C27H34O6. The van der Waals surface area contributed by atoms with Gasteiger partial charge >= 0.3 is 5.63 Å². The van der Waals surface area contributed by atoms with Crippen molar-refractivity contribution in [2.75, 3.05) is 0 Å². The third kappa shape index (κ3) is 4.76. The van der Waals surface area contributed by atoms with Crippen LogP contribution < -0.4 is 10.4 Å². The smallest absolute Gasteiger partial charge is 0.336 e. The van der Waals surface area contributed by atoms with Gasteiger partial charge in [-0.3, -0.25) is 4.79 Å². The monoisotopic (exact) mass is 454 g/mol. The molecule has 0 radical (unpaired) electrons. The van der Waals surface area contributed by atoms with Gasteiger partial charge in [-0.15, -0.1) is 0 Å². The zero-order valence-corrected chi connectivity index (χ0v) is 20.3. The number of aliphatic hydroxyl groups excluding tert-OH is 1. The van der Waals surface area contributed by atoms with E-state index in [0.717, 1.165) is 6.42 Å². The van der Waals surface area contributed by atoms with Crippen LogP contribution in [0.5, 0.6) is 11.5 Å². The molecule has 2 N–H and O–H groups in total. The summed E-state index contributed by atoms with van der Waals surface area (Å²) >= 11 is 0. The van der Waals surface area contributed by atoms with Gasteiger partial charge in [0.2, 0.25) is 0 Å². The molecule has 2 aromatic rings. The highest BCUT2D eigenvalue weighted by atomic mass is 16.5. The summed E-state index contributed by atoms with van der Waals surface area (Å²) in [6.07, 6.45) is 7.22. The van der Waals surface area contributed by atoms with Crippen molar-refractivity contribution in [3.63, 3.8) is 0 Å². The molecule has 178 valence electrons. The van der Waals surface area contributed by atoms with Crippen molar-refractivity contribution in [2.24, 2.45) is 5.92 Å². The zero-order chi connectivity index (χ0) is 24.5. The van der Waals surface area contributed by atoms with E-state index in [1.54, 1.807) is 19.9 Å². The minimum Gasteiger partial charge on any atom is -0.506 e. The maximum atomic E-state index is 13.2. The Morgan fingerprint density at radius 3 is 2.55 bits per heavy atom. The van der Waals surface area contributed by atoms with E-state index < -0.39 is 17.3 Å². The maximum Gasteiger partial charge on any atom is 0.336 e. The molecule has 0 saturated carbocycles. The topological polar surface area (TPSA) is 97.0 Å². The molecule has 0 bridgehead atoms. The van der Waals surface area contributed by atoms with Crippen LogP contribution in [-0.2, 0) is 0 Å². The van der Waals surface area contributed by atoms with E-state index in [1.807, 2.05) is 33.8 Å². The first-order valence-electron chi connectivity index (χ1n) is 11.6. The van der Waals surface area contributed by atoms with Gasteiger partial charge in [-0.25, -0.2) is 4.79 Å². The normalized spacial score (nSPS) is 19.0. The average Bonchev–Trinajstić information content (AvgIpc) is 2.76. The van der Waals surface area contributed by atoms with Gasteiger partial charge in [0.25, 0.3) is 0 Å². The van der Waals surface area contributed by atoms with Crippen molar-refractivity contribution in [3.8, 4) is 11.5 Å². The fourth-order valence-corrected chi connectivity index (χ4v) is 4.12. The molecule has 33 heavy (non-hydrogen) atoms. The maximum absolute atomic E-state index is 13.2. The molecule has 0 saturated heterocycles. The Labute approximate surface area is 194 Å². The number of carbonyl (C=O) groups is 1. The Morgan fingerprint density at radius 1 is 1.24 bits per heavy atom. The number of Topliss-reactive ketones (excluding diaryl/α,β-unsaturated/α-hetero) is 1. The summed E-state index contributed by atoms with van der Waals surface area (Å²) in [6, 6.07) is 1.24. The molecule has 0 amide bonds. The van der Waals surface area contributed by atoms with Gasteiger partial charge in [0.05, 0.1) is 17.1 Å². The first-order chi connectivity index (χ1) is 15.5. The number of allylic oxidation sites excluding steroid dienone is 2. The first kappa shape index (κ1) is 24.8. The van der Waals surface area contributed by atoms with Crippen molar-refractivity contribution in [1.29, 1.82) is 0 Å². The molecule has 0 aliphatic carbocycles. The fourth-order valence-electron chi connectivity index (χ4n) is 4.12. The molecule has 1 aromatic heterocycles. The van der Waals surface area contributed by atoms with E-state index in [2.05, 4.69) is 6.08 Å². The van der Waals surface area contributed by atoms with Crippen molar-refractivity contribution < 1.29 is 24.2 Å². The van der Waals surface area contributed by atoms with Crippen LogP contribution in [-0.4, -0.2) is 21.6 Å². The van der Waals surface area contributed by atoms with Crippen LogP contribution >= 0.6 is 0 Å². The summed E-state index contributed by atoms with van der Waals surface area (Å²) in [4.78, 5) is 25.7. The van der Waals surface area contributed by atoms with E-state index >= 15 is 0 Å². The van der Waals surface area contributed by atoms with Crippen molar-refractivity contribution in [3.05, 3.63) is 50.9 Å². The Morgan fingerprint density at radius 2 is 1.94 bits per heavy atom. The van der Waals surface area contributed by atoms with Crippen LogP contribution in [0, 0.1) is 5.92 Å². The van der Waals surface area contributed by atoms with Crippen molar-refractivity contribution >= 4 is 22.8 Å². The molecule has 1 unspecified atom stereocenters. The molecule has 1 aliphatic rings. The second kappa shape index (κ2) is 9.56. The van der Waals surface area contributed by atoms with Crippen molar-refractivity contribution in [1.82, 2.24) is 0 Å². The predicted molar refractivity (Wildman–Crippen MR) is 130 cm³/mol. The summed E-state index contributed by atoms with van der Waals surface area (Å²) in [7, 11) is 0. The number of fused-ring (bicyclic) bond motifs is 3. The molecule has 3 atom stereocenters. The summed E-state index contributed by atoms with van der Waals surface area (Å²) in [5, 5.41) is 22.3. The lowest BCUT2D eigenvalue weighted by molar-refractivity contribution is 0.0924. The third-order valence-corrected chi connectivity index (χ3v) is 6.37. The highest BCUT2D eigenvalue weighted by Crippen LogP contribution is 2.48. The van der Waals surface area contributed by atoms with E-state index in [-0.39, 0.29) is 28.6 Å². The van der Waals surface area contributed by atoms with Gasteiger partial charge in [-0.2, -0.15) is 0 Å². The van der Waals surface area contributed by atoms with E-state index in [9.17, 15) is 19.8 Å². The molecule has 3 rings (SSSR count). The van der Waals surface area contributed by atoms with Crippen LogP contribution in [0.25, 0.3) is 17.0 Å². The van der Waals surface area contributed by atoms with Gasteiger partial charge in [0.1, 0.15) is 22.7 Å². The summed E-state index contributed by atoms with van der Waals surface area (Å²) in [6.45, 7) is 11.5. The molecule has 6 nitrogen and oxygen atoms in total. The number of benzene rings is 1. The van der Waals surface area contributed by atoms with Crippen LogP contribution in [0.1, 0.15) is 94.8 Å². The molecule has 0 fully saturated rings. The van der Waals surface area contributed by atoms with Gasteiger partial charge in [-0.1, -0.05) is 32.4 Å². The minimum atomic E-state index is -0.955. The van der Waals surface area contributed by atoms with Gasteiger partial charge in [0, 0.05) is 17.5 Å². The van der Waals surface area contributed by atoms with Crippen LogP contribution in [0.2, 0.25) is 0 Å². The number of ether oxygens (including phenoxy) is 1. The Hall–Kier alpha value is -2.86. The quantitative estimate of drug-likeness (QED) is 0.285. The first-order valence-corrected chi connectivity index (χ1v) is 11.6. The lowest BCUT2D eigenvalue weighted by Gasteiger charge is -2.33. The second-order valence-corrected chi connectivity index (χ2v) is 9.36. The van der Waals surface area contributed by atoms with E-state index in [4.69, 9.17) is 9.15 Å². The third-order valence-electron chi connectivity index (χ3n) is 6.37. The summed E-state index contributed by atoms with van der Waals surface area (Å²) in [5.41, 5.74) is 0.457. The number of carbonyl (C=O) groups excluding carboxylic acids is 1. The highest BCUT2D eigenvalue weighted by Gasteiger charge is 2.35. The highest BCUT2D eigenvalue weighted by molar-refractivity contribution is 6.13. The number of phenols is 1. The number of ketones is 1. The van der Waals surface area contributed by atoms with Gasteiger partial charge < -0.3 is 19.4 Å². The lowest BCUT2D eigenvalue weighted by atomic mass is 9.87.